The second-order valence-corrected chi connectivity index (χ2v) is 7.13. The van der Waals surface area contributed by atoms with Crippen molar-refractivity contribution in [3.8, 4) is 0 Å². The van der Waals surface area contributed by atoms with Gasteiger partial charge in [-0.25, -0.2) is 4.79 Å². The van der Waals surface area contributed by atoms with Crippen LogP contribution in [-0.4, -0.2) is 93.4 Å². The Morgan fingerprint density at radius 3 is 1.76 bits per heavy atom. The van der Waals surface area contributed by atoms with E-state index in [1.54, 1.807) is 0 Å². The van der Waals surface area contributed by atoms with Crippen molar-refractivity contribution in [3.05, 3.63) is 0 Å². The lowest BCUT2D eigenvalue weighted by Crippen LogP contribution is -2.58. The summed E-state index contributed by atoms with van der Waals surface area (Å²) in [4.78, 5) is 69.9. The third-order valence-electron chi connectivity index (χ3n) is 4.39. The summed E-state index contributed by atoms with van der Waals surface area (Å²) < 4.78 is 0. The Morgan fingerprint density at radius 1 is 0.727 bits per heavy atom. The van der Waals surface area contributed by atoms with Crippen LogP contribution in [0.2, 0.25) is 0 Å². The molecule has 0 heterocycles. The van der Waals surface area contributed by atoms with Gasteiger partial charge in [0.25, 0.3) is 0 Å². The first-order valence-electron chi connectivity index (χ1n) is 10.1. The van der Waals surface area contributed by atoms with Crippen molar-refractivity contribution in [2.45, 2.75) is 62.7 Å². The van der Waals surface area contributed by atoms with E-state index in [-0.39, 0.29) is 12.8 Å². The summed E-state index contributed by atoms with van der Waals surface area (Å²) in [5, 5.41) is 42.6. The van der Waals surface area contributed by atoms with Gasteiger partial charge in [0.2, 0.25) is 17.7 Å². The van der Waals surface area contributed by atoms with Crippen LogP contribution in [-0.2, 0) is 28.8 Å². The second-order valence-electron chi connectivity index (χ2n) is 7.13. The predicted octanol–water partition coefficient (Wildman–Crippen LogP) is -3.69. The number of aliphatic carboxylic acids is 3. The minimum atomic E-state index is -1.71. The fraction of sp³-hybridized carbons (Fsp3) is 0.667. The SMILES string of the molecule is NCCCCC(NC(=O)C(CC(=O)O)NC(=O)C(CO)NC(=O)C(N)CCC(=O)O)C(=O)O. The van der Waals surface area contributed by atoms with Gasteiger partial charge in [0.15, 0.2) is 0 Å². The normalized spacial score (nSPS) is 14.3. The summed E-state index contributed by atoms with van der Waals surface area (Å²) >= 11 is 0. The average molecular weight is 477 g/mol. The Balaban J connectivity index is 5.20. The number of aliphatic hydroxyl groups excluding tert-OH is 1. The summed E-state index contributed by atoms with van der Waals surface area (Å²) in [6.45, 7) is -0.631. The first-order valence-corrected chi connectivity index (χ1v) is 10.1. The Bertz CT molecular complexity index is 717. The molecule has 0 aromatic heterocycles. The van der Waals surface area contributed by atoms with Crippen LogP contribution in [0.25, 0.3) is 0 Å². The minimum Gasteiger partial charge on any atom is -0.481 e. The Hall–Kier alpha value is -3.30. The molecule has 0 saturated carbocycles. The highest BCUT2D eigenvalue weighted by molar-refractivity contribution is 5.95. The van der Waals surface area contributed by atoms with E-state index in [2.05, 4.69) is 16.0 Å². The zero-order chi connectivity index (χ0) is 25.6. The van der Waals surface area contributed by atoms with Crippen molar-refractivity contribution in [3.63, 3.8) is 0 Å². The van der Waals surface area contributed by atoms with Gasteiger partial charge in [-0.15, -0.1) is 0 Å². The van der Waals surface area contributed by atoms with Gasteiger partial charge in [-0.2, -0.15) is 0 Å². The number of unbranched alkanes of at least 4 members (excludes halogenated alkanes) is 1. The van der Waals surface area contributed by atoms with Gasteiger partial charge in [-0.05, 0) is 32.2 Å². The lowest BCUT2D eigenvalue weighted by molar-refractivity contribution is -0.144. The third-order valence-corrected chi connectivity index (χ3v) is 4.39. The number of nitrogens with two attached hydrogens (primary N) is 2. The largest absolute Gasteiger partial charge is 0.481 e. The van der Waals surface area contributed by atoms with Crippen molar-refractivity contribution in [1.82, 2.24) is 16.0 Å². The molecular weight excluding hydrogens is 446 g/mol. The van der Waals surface area contributed by atoms with Gasteiger partial charge >= 0.3 is 17.9 Å². The third kappa shape index (κ3) is 12.4. The fourth-order valence-electron chi connectivity index (χ4n) is 2.56. The van der Waals surface area contributed by atoms with Crippen molar-refractivity contribution in [1.29, 1.82) is 0 Å². The zero-order valence-corrected chi connectivity index (χ0v) is 17.9. The molecule has 0 saturated heterocycles. The predicted molar refractivity (Wildman–Crippen MR) is 111 cm³/mol. The van der Waals surface area contributed by atoms with E-state index in [9.17, 15) is 39.0 Å². The lowest BCUT2D eigenvalue weighted by atomic mass is 10.1. The molecule has 0 rings (SSSR count). The van der Waals surface area contributed by atoms with Crippen LogP contribution in [0.1, 0.15) is 38.5 Å². The molecule has 0 fully saturated rings. The standard InChI is InChI=1S/C18H31N5O10/c19-6-2-1-3-10(18(32)33)21-16(30)11(7-14(27)28)22-17(31)12(8-24)23-15(29)9(20)4-5-13(25)26/h9-12,24H,1-8,19-20H2,(H,21,30)(H,22,31)(H,23,29)(H,25,26)(H,27,28)(H,32,33). The number of carbonyl (C=O) groups is 6. The van der Waals surface area contributed by atoms with Crippen LogP contribution in [0.15, 0.2) is 0 Å². The number of amides is 3. The fourth-order valence-corrected chi connectivity index (χ4v) is 2.56. The van der Waals surface area contributed by atoms with E-state index in [4.69, 9.17) is 21.7 Å². The highest BCUT2D eigenvalue weighted by Crippen LogP contribution is 2.04. The Kier molecular flexibility index (Phi) is 13.9. The van der Waals surface area contributed by atoms with E-state index < -0.39 is 79.2 Å². The molecule has 0 aromatic rings. The van der Waals surface area contributed by atoms with Gasteiger partial charge < -0.3 is 47.8 Å². The van der Waals surface area contributed by atoms with Crippen LogP contribution < -0.4 is 27.4 Å². The number of aliphatic hydroxyl groups is 1. The first kappa shape index (κ1) is 29.7. The average Bonchev–Trinajstić information content (AvgIpc) is 2.73. The van der Waals surface area contributed by atoms with Crippen molar-refractivity contribution >= 4 is 35.6 Å². The number of hydrogen-bond donors (Lipinski definition) is 9. The van der Waals surface area contributed by atoms with Crippen LogP contribution in [0.4, 0.5) is 0 Å². The molecule has 0 aliphatic rings. The molecule has 4 unspecified atom stereocenters. The minimum absolute atomic E-state index is 0.0234. The molecule has 11 N–H and O–H groups in total. The maximum absolute atomic E-state index is 12.4. The molecule has 0 aliphatic heterocycles. The highest BCUT2D eigenvalue weighted by Gasteiger charge is 2.31. The molecule has 188 valence electrons. The molecule has 15 nitrogen and oxygen atoms in total. The number of carboxylic acids is 3. The van der Waals surface area contributed by atoms with Crippen LogP contribution in [0, 0.1) is 0 Å². The molecule has 0 bridgehead atoms. The van der Waals surface area contributed by atoms with Gasteiger partial charge in [0, 0.05) is 6.42 Å². The molecule has 33 heavy (non-hydrogen) atoms. The molecule has 0 spiro atoms. The quantitative estimate of drug-likeness (QED) is 0.0916. The molecular formula is C18H31N5O10. The molecule has 0 aromatic carbocycles. The van der Waals surface area contributed by atoms with E-state index in [1.807, 2.05) is 0 Å². The summed E-state index contributed by atoms with van der Waals surface area (Å²) in [5.74, 6) is -7.21. The van der Waals surface area contributed by atoms with E-state index in [0.29, 0.717) is 19.4 Å². The molecule has 0 aliphatic carbocycles. The Morgan fingerprint density at radius 2 is 1.27 bits per heavy atom. The van der Waals surface area contributed by atoms with Gasteiger partial charge in [-0.1, -0.05) is 0 Å². The van der Waals surface area contributed by atoms with Gasteiger partial charge in [0.05, 0.1) is 19.1 Å². The topological polar surface area (TPSA) is 271 Å². The maximum atomic E-state index is 12.4. The molecule has 0 radical (unpaired) electrons. The monoisotopic (exact) mass is 477 g/mol. The van der Waals surface area contributed by atoms with E-state index >= 15 is 0 Å². The van der Waals surface area contributed by atoms with Crippen molar-refractivity contribution in [2.24, 2.45) is 11.5 Å². The molecule has 15 heteroatoms. The summed E-state index contributed by atoms with van der Waals surface area (Å²) in [6, 6.07) is -5.99. The molecule has 3 amide bonds. The van der Waals surface area contributed by atoms with Crippen LogP contribution in [0.3, 0.4) is 0 Å². The van der Waals surface area contributed by atoms with E-state index in [0.717, 1.165) is 0 Å². The van der Waals surface area contributed by atoms with Crippen LogP contribution in [0.5, 0.6) is 0 Å². The van der Waals surface area contributed by atoms with Gasteiger partial charge in [0.1, 0.15) is 18.1 Å². The number of hydrogen-bond acceptors (Lipinski definition) is 9. The number of rotatable bonds is 17. The van der Waals surface area contributed by atoms with Crippen LogP contribution >= 0.6 is 0 Å². The van der Waals surface area contributed by atoms with Gasteiger partial charge in [-0.3, -0.25) is 24.0 Å². The summed E-state index contributed by atoms with van der Waals surface area (Å²) in [6.07, 6.45) is -0.661. The Labute approximate surface area is 188 Å². The number of nitrogens with one attached hydrogen (secondary N) is 3. The zero-order valence-electron chi connectivity index (χ0n) is 17.9. The number of carboxylic acid groups (broad SMARTS) is 3. The highest BCUT2D eigenvalue weighted by atomic mass is 16.4. The summed E-state index contributed by atoms with van der Waals surface area (Å²) in [5.41, 5.74) is 10.9. The van der Waals surface area contributed by atoms with E-state index in [1.165, 1.54) is 0 Å². The lowest BCUT2D eigenvalue weighted by Gasteiger charge is -2.23. The number of carbonyl (C=O) groups excluding carboxylic acids is 3. The second kappa shape index (κ2) is 15.5. The van der Waals surface area contributed by atoms with Crippen molar-refractivity contribution < 1.29 is 49.2 Å². The first-order chi connectivity index (χ1) is 15.4. The summed E-state index contributed by atoms with van der Waals surface area (Å²) in [7, 11) is 0. The maximum Gasteiger partial charge on any atom is 0.326 e. The van der Waals surface area contributed by atoms with Crippen molar-refractivity contribution in [2.75, 3.05) is 13.2 Å². The smallest absolute Gasteiger partial charge is 0.326 e. The molecule has 4 atom stereocenters.